The number of piperidine rings is 1. The number of rotatable bonds is 4. The molecule has 2 aromatic heterocycles. The predicted molar refractivity (Wildman–Crippen MR) is 90.6 cm³/mol. The van der Waals surface area contributed by atoms with E-state index in [0.29, 0.717) is 12.6 Å². The second-order valence-corrected chi connectivity index (χ2v) is 5.77. The van der Waals surface area contributed by atoms with E-state index < -0.39 is 0 Å². The Morgan fingerprint density at radius 3 is 3.09 bits per heavy atom. The van der Waals surface area contributed by atoms with Crippen LogP contribution in [0.3, 0.4) is 0 Å². The molecule has 0 aliphatic carbocycles. The van der Waals surface area contributed by atoms with E-state index in [1.165, 1.54) is 0 Å². The third kappa shape index (κ3) is 4.53. The highest BCUT2D eigenvalue weighted by Gasteiger charge is 2.24. The van der Waals surface area contributed by atoms with E-state index in [-0.39, 0.29) is 24.2 Å². The van der Waals surface area contributed by atoms with E-state index >= 15 is 0 Å². The highest BCUT2D eigenvalue weighted by Crippen LogP contribution is 2.16. The molecular formula is C16H22ClN5O. The maximum Gasteiger partial charge on any atom is 0.223 e. The van der Waals surface area contributed by atoms with Gasteiger partial charge in [0, 0.05) is 37.1 Å². The number of hydrogen-bond acceptors (Lipinski definition) is 4. The van der Waals surface area contributed by atoms with E-state index in [1.54, 1.807) is 17.1 Å². The number of hydrogen-bond donors (Lipinski definition) is 2. The summed E-state index contributed by atoms with van der Waals surface area (Å²) in [7, 11) is 0. The fourth-order valence-corrected chi connectivity index (χ4v) is 2.80. The molecular weight excluding hydrogens is 314 g/mol. The predicted octanol–water partition coefficient (Wildman–Crippen LogP) is 1.69. The summed E-state index contributed by atoms with van der Waals surface area (Å²) < 4.78 is 1.71. The molecule has 1 saturated heterocycles. The van der Waals surface area contributed by atoms with Crippen molar-refractivity contribution in [1.82, 2.24) is 25.4 Å². The van der Waals surface area contributed by atoms with Gasteiger partial charge in [0.05, 0.1) is 0 Å². The van der Waals surface area contributed by atoms with Gasteiger partial charge >= 0.3 is 0 Å². The second kappa shape index (κ2) is 8.08. The summed E-state index contributed by atoms with van der Waals surface area (Å²) in [6.45, 7) is 3.56. The van der Waals surface area contributed by atoms with Crippen molar-refractivity contribution >= 4 is 18.3 Å². The molecule has 124 valence electrons. The molecule has 1 aliphatic heterocycles. The van der Waals surface area contributed by atoms with Gasteiger partial charge in [-0.2, -0.15) is 5.10 Å². The summed E-state index contributed by atoms with van der Waals surface area (Å²) in [5.41, 5.74) is 1.02. The average Bonchev–Trinajstić information content (AvgIpc) is 3.07. The molecule has 0 aromatic carbocycles. The third-order valence-corrected chi connectivity index (χ3v) is 4.01. The van der Waals surface area contributed by atoms with Crippen LogP contribution in [0.2, 0.25) is 0 Å². The van der Waals surface area contributed by atoms with Crippen LogP contribution in [0, 0.1) is 5.92 Å². The van der Waals surface area contributed by atoms with Crippen LogP contribution in [-0.2, 0) is 11.3 Å². The number of nitrogens with one attached hydrogen (secondary N) is 2. The summed E-state index contributed by atoms with van der Waals surface area (Å²) in [4.78, 5) is 16.5. The SMILES string of the molecule is C[C@H]1C[C@@H](C(=O)NCc2ccnc(-n3cccn3)c2)CCN1.Cl. The first kappa shape index (κ1) is 17.4. The minimum Gasteiger partial charge on any atom is -0.352 e. The van der Waals surface area contributed by atoms with Crippen LogP contribution in [0.5, 0.6) is 0 Å². The number of halogens is 1. The van der Waals surface area contributed by atoms with Gasteiger partial charge in [-0.1, -0.05) is 0 Å². The lowest BCUT2D eigenvalue weighted by molar-refractivity contribution is -0.126. The number of nitrogens with zero attached hydrogens (tertiary/aromatic N) is 3. The molecule has 3 rings (SSSR count). The van der Waals surface area contributed by atoms with Gasteiger partial charge in [-0.05, 0) is 50.1 Å². The van der Waals surface area contributed by atoms with Gasteiger partial charge in [-0.15, -0.1) is 12.4 Å². The average molecular weight is 336 g/mol. The molecule has 2 atom stereocenters. The van der Waals surface area contributed by atoms with E-state index in [4.69, 9.17) is 0 Å². The lowest BCUT2D eigenvalue weighted by Gasteiger charge is -2.27. The standard InChI is InChI=1S/C16H21N5O.ClH/c1-12-9-14(4-7-17-12)16(22)19-11-13-3-6-18-15(10-13)21-8-2-5-20-21;/h2-3,5-6,8,10,12,14,17H,4,7,9,11H2,1H3,(H,19,22);1H/t12-,14-;/m0./s1. The normalized spacial score (nSPS) is 20.6. The largest absolute Gasteiger partial charge is 0.352 e. The third-order valence-electron chi connectivity index (χ3n) is 4.01. The Labute approximate surface area is 142 Å². The van der Waals surface area contributed by atoms with Gasteiger partial charge in [0.15, 0.2) is 5.82 Å². The van der Waals surface area contributed by atoms with Crippen molar-refractivity contribution in [3.05, 3.63) is 42.4 Å². The molecule has 7 heteroatoms. The smallest absolute Gasteiger partial charge is 0.223 e. The maximum absolute atomic E-state index is 12.3. The molecule has 0 unspecified atom stereocenters. The van der Waals surface area contributed by atoms with Crippen LogP contribution in [0.4, 0.5) is 0 Å². The van der Waals surface area contributed by atoms with Crippen molar-refractivity contribution in [2.75, 3.05) is 6.54 Å². The first-order valence-corrected chi connectivity index (χ1v) is 7.68. The lowest BCUT2D eigenvalue weighted by atomic mass is 9.92. The van der Waals surface area contributed by atoms with Crippen LogP contribution in [0.25, 0.3) is 5.82 Å². The second-order valence-electron chi connectivity index (χ2n) is 5.77. The number of carbonyl (C=O) groups excluding carboxylic acids is 1. The molecule has 1 fully saturated rings. The highest BCUT2D eigenvalue weighted by molar-refractivity contribution is 5.85. The van der Waals surface area contributed by atoms with Crippen LogP contribution in [-0.4, -0.2) is 33.3 Å². The highest BCUT2D eigenvalue weighted by atomic mass is 35.5. The molecule has 3 heterocycles. The van der Waals surface area contributed by atoms with Crippen molar-refractivity contribution in [3.63, 3.8) is 0 Å². The van der Waals surface area contributed by atoms with Crippen molar-refractivity contribution in [2.24, 2.45) is 5.92 Å². The molecule has 6 nitrogen and oxygen atoms in total. The summed E-state index contributed by atoms with van der Waals surface area (Å²) in [5, 5.41) is 10.6. The zero-order valence-corrected chi connectivity index (χ0v) is 13.9. The Bertz CT molecular complexity index is 631. The van der Waals surface area contributed by atoms with Crippen molar-refractivity contribution < 1.29 is 4.79 Å². The summed E-state index contributed by atoms with van der Waals surface area (Å²) in [6, 6.07) is 6.13. The van der Waals surface area contributed by atoms with Crippen molar-refractivity contribution in [2.45, 2.75) is 32.4 Å². The van der Waals surface area contributed by atoms with Gasteiger partial charge in [0.2, 0.25) is 5.91 Å². The van der Waals surface area contributed by atoms with Gasteiger partial charge in [0.25, 0.3) is 0 Å². The number of carbonyl (C=O) groups is 1. The lowest BCUT2D eigenvalue weighted by Crippen LogP contribution is -2.42. The fourth-order valence-electron chi connectivity index (χ4n) is 2.80. The topological polar surface area (TPSA) is 71.8 Å². The number of pyridine rings is 1. The van der Waals surface area contributed by atoms with Crippen LogP contribution in [0.1, 0.15) is 25.3 Å². The van der Waals surface area contributed by atoms with Crippen molar-refractivity contribution in [3.8, 4) is 5.82 Å². The van der Waals surface area contributed by atoms with E-state index in [9.17, 15) is 4.79 Å². The zero-order valence-electron chi connectivity index (χ0n) is 13.1. The molecule has 0 bridgehead atoms. The maximum atomic E-state index is 12.3. The Morgan fingerprint density at radius 1 is 1.48 bits per heavy atom. The molecule has 2 N–H and O–H groups in total. The van der Waals surface area contributed by atoms with Crippen LogP contribution >= 0.6 is 12.4 Å². The van der Waals surface area contributed by atoms with Gasteiger partial charge in [-0.3, -0.25) is 4.79 Å². The van der Waals surface area contributed by atoms with Gasteiger partial charge in [0.1, 0.15) is 0 Å². The number of amides is 1. The van der Waals surface area contributed by atoms with E-state index in [1.807, 2.05) is 24.4 Å². The van der Waals surface area contributed by atoms with Crippen LogP contribution in [0.15, 0.2) is 36.8 Å². The molecule has 0 spiro atoms. The van der Waals surface area contributed by atoms with E-state index in [2.05, 4.69) is 27.6 Å². The Kier molecular flexibility index (Phi) is 6.12. The molecule has 0 radical (unpaired) electrons. The Hall–Kier alpha value is -1.92. The van der Waals surface area contributed by atoms with Crippen molar-refractivity contribution in [1.29, 1.82) is 0 Å². The van der Waals surface area contributed by atoms with Crippen LogP contribution < -0.4 is 10.6 Å². The summed E-state index contributed by atoms with van der Waals surface area (Å²) >= 11 is 0. The molecule has 1 aliphatic rings. The Morgan fingerprint density at radius 2 is 2.35 bits per heavy atom. The Balaban J connectivity index is 0.00000192. The van der Waals surface area contributed by atoms with Gasteiger partial charge in [-0.25, -0.2) is 9.67 Å². The molecule has 1 amide bonds. The number of aromatic nitrogens is 3. The summed E-state index contributed by atoms with van der Waals surface area (Å²) in [5.74, 6) is 1.02. The molecule has 2 aromatic rings. The van der Waals surface area contributed by atoms with Gasteiger partial charge < -0.3 is 10.6 Å². The summed E-state index contributed by atoms with van der Waals surface area (Å²) in [6.07, 6.45) is 7.12. The first-order valence-electron chi connectivity index (χ1n) is 7.68. The van der Waals surface area contributed by atoms with E-state index in [0.717, 1.165) is 30.8 Å². The monoisotopic (exact) mass is 335 g/mol. The fraction of sp³-hybridized carbons (Fsp3) is 0.438. The minimum atomic E-state index is 0. The molecule has 0 saturated carbocycles. The molecule has 23 heavy (non-hydrogen) atoms. The minimum absolute atomic E-state index is 0. The zero-order chi connectivity index (χ0) is 15.4. The quantitative estimate of drug-likeness (QED) is 0.892. The first-order chi connectivity index (χ1) is 10.7.